The molecule has 4 saturated carbocycles. The van der Waals surface area contributed by atoms with E-state index in [0.29, 0.717) is 43.4 Å². The van der Waals surface area contributed by atoms with Crippen LogP contribution in [0.2, 0.25) is 0 Å². The first-order valence-electron chi connectivity index (χ1n) is 30.7. The van der Waals surface area contributed by atoms with Gasteiger partial charge in [0.15, 0.2) is 37.2 Å². The maximum Gasteiger partial charge on any atom is 0.187 e. The third-order valence-electron chi connectivity index (χ3n) is 22.2. The summed E-state index contributed by atoms with van der Waals surface area (Å²) in [5.41, 5.74) is -0.212. The first-order chi connectivity index (χ1) is 40.2. The van der Waals surface area contributed by atoms with Crippen molar-refractivity contribution in [1.82, 2.24) is 0 Å². The number of aliphatic hydroxyl groups is 17. The number of aliphatic hydroxyl groups excluding tert-OH is 16. The van der Waals surface area contributed by atoms with E-state index in [2.05, 4.69) is 20.8 Å². The molecule has 10 fully saturated rings. The molecular weight excluding hydrogens is 1130 g/mol. The maximum absolute atomic E-state index is 12.5. The van der Waals surface area contributed by atoms with Crippen LogP contribution in [-0.2, 0) is 52.1 Å². The maximum atomic E-state index is 12.5. The van der Waals surface area contributed by atoms with Crippen molar-refractivity contribution in [2.24, 2.45) is 52.3 Å². The molecule has 6 saturated heterocycles. The van der Waals surface area contributed by atoms with Gasteiger partial charge in [-0.05, 0) is 111 Å². The van der Waals surface area contributed by atoms with Crippen molar-refractivity contribution in [2.75, 3.05) is 33.0 Å². The van der Waals surface area contributed by atoms with Crippen LogP contribution in [0.3, 0.4) is 0 Å². The van der Waals surface area contributed by atoms with Crippen molar-refractivity contribution < 1.29 is 139 Å². The second-order valence-corrected chi connectivity index (χ2v) is 27.1. The van der Waals surface area contributed by atoms with E-state index in [-0.39, 0.29) is 47.2 Å². The molecule has 0 spiro atoms. The van der Waals surface area contributed by atoms with Crippen LogP contribution < -0.4 is 0 Å². The van der Waals surface area contributed by atoms with Gasteiger partial charge < -0.3 is 139 Å². The molecule has 28 nitrogen and oxygen atoms in total. The van der Waals surface area contributed by atoms with Crippen molar-refractivity contribution in [3.8, 4) is 0 Å². The molecule has 37 atom stereocenters. The van der Waals surface area contributed by atoms with Crippen LogP contribution in [-0.4, -0.2) is 291 Å². The van der Waals surface area contributed by atoms with Crippen LogP contribution in [0.15, 0.2) is 0 Å². The Morgan fingerprint density at radius 2 is 1.01 bits per heavy atom. The van der Waals surface area contributed by atoms with Gasteiger partial charge in [-0.2, -0.15) is 0 Å². The van der Waals surface area contributed by atoms with Gasteiger partial charge in [0.2, 0.25) is 0 Å². The lowest BCUT2D eigenvalue weighted by Crippen LogP contribution is -2.67. The molecular formula is C57H96O28. The molecule has 0 amide bonds. The number of hydrogen-bond donors (Lipinski definition) is 17. The van der Waals surface area contributed by atoms with Crippen molar-refractivity contribution >= 4 is 0 Å². The zero-order chi connectivity index (χ0) is 61.5. The highest BCUT2D eigenvalue weighted by atomic mass is 16.8. The van der Waals surface area contributed by atoms with Crippen LogP contribution in [0.4, 0.5) is 0 Å². The molecule has 0 aromatic rings. The quantitative estimate of drug-likeness (QED) is 0.0571. The fourth-order valence-corrected chi connectivity index (χ4v) is 17.0. The van der Waals surface area contributed by atoms with E-state index in [1.165, 1.54) is 6.92 Å². The van der Waals surface area contributed by atoms with E-state index >= 15 is 0 Å². The highest BCUT2D eigenvalue weighted by Crippen LogP contribution is 2.71. The third-order valence-corrected chi connectivity index (χ3v) is 22.2. The molecule has 6 heterocycles. The van der Waals surface area contributed by atoms with E-state index in [1.54, 1.807) is 0 Å². The summed E-state index contributed by atoms with van der Waals surface area (Å²) in [7, 11) is 0. The summed E-state index contributed by atoms with van der Waals surface area (Å²) >= 11 is 0. The van der Waals surface area contributed by atoms with Crippen molar-refractivity contribution in [3.63, 3.8) is 0 Å². The van der Waals surface area contributed by atoms with Crippen LogP contribution in [0, 0.1) is 52.3 Å². The van der Waals surface area contributed by atoms with E-state index < -0.39 is 192 Å². The van der Waals surface area contributed by atoms with Crippen molar-refractivity contribution in [3.05, 3.63) is 0 Å². The van der Waals surface area contributed by atoms with Gasteiger partial charge in [0.05, 0.1) is 51.3 Å². The highest BCUT2D eigenvalue weighted by molar-refractivity contribution is 5.15. The molecule has 0 unspecified atom stereocenters. The van der Waals surface area contributed by atoms with Gasteiger partial charge in [-0.25, -0.2) is 0 Å². The summed E-state index contributed by atoms with van der Waals surface area (Å²) < 4.78 is 67.0. The molecule has 0 bridgehead atoms. The smallest absolute Gasteiger partial charge is 0.187 e. The summed E-state index contributed by atoms with van der Waals surface area (Å²) in [6, 6.07) is 0. The second kappa shape index (κ2) is 26.5. The average molecular weight is 1230 g/mol. The minimum Gasteiger partial charge on any atom is -0.394 e. The molecule has 0 radical (unpaired) electrons. The Hall–Kier alpha value is -1.12. The average Bonchev–Trinajstić information content (AvgIpc) is 1.64. The lowest BCUT2D eigenvalue weighted by molar-refractivity contribution is -0.395. The lowest BCUT2D eigenvalue weighted by Gasteiger charge is -2.61. The number of ether oxygens (including phenoxy) is 11. The first-order valence-corrected chi connectivity index (χ1v) is 30.7. The SMILES string of the molecule is C[C@H](CC[C@]1(O)O[C@@H]2C[C@H]3[C@H]4CC[C@H]5C[C@H](O[C@H]6O[C@@H](CO[C@H]7O[C@@H](CO)[C@H](O)[C@@H](O)[C@@H]7O)[C@H](O[C@H]7O[C@@H](C)[C@H](O)[C@@H](O)[C@@H]7O)[C@@H](O)[C@@H]6O[C@H]6O[C@@H](CO)[C@H](O)[C@@H](O)[C@@H]6O)CC[C@]5(C)[C@H]4CC[C@@]3(C)[C@@H]2[C@H]1C)CO[C@H]1O[C@@H](CO)[C@H](O)[C@@H](O)[C@@H]1O. The molecule has 492 valence electrons. The van der Waals surface area contributed by atoms with Gasteiger partial charge in [-0.3, -0.25) is 0 Å². The third kappa shape index (κ3) is 12.4. The van der Waals surface area contributed by atoms with Crippen LogP contribution >= 0.6 is 0 Å². The van der Waals surface area contributed by atoms with E-state index in [4.69, 9.17) is 52.1 Å². The normalized spacial score (nSPS) is 55.8. The topological polar surface area (TPSA) is 445 Å². The fourth-order valence-electron chi connectivity index (χ4n) is 17.0. The minimum absolute atomic E-state index is 0.0999. The van der Waals surface area contributed by atoms with Gasteiger partial charge in [0, 0.05) is 12.3 Å². The largest absolute Gasteiger partial charge is 0.394 e. The Morgan fingerprint density at radius 3 is 1.61 bits per heavy atom. The monoisotopic (exact) mass is 1230 g/mol. The van der Waals surface area contributed by atoms with Crippen LogP contribution in [0.1, 0.15) is 98.8 Å². The minimum atomic E-state index is -1.95. The summed E-state index contributed by atoms with van der Waals surface area (Å²) in [5.74, 6) is -0.282. The molecule has 28 heteroatoms. The molecule has 10 rings (SSSR count). The van der Waals surface area contributed by atoms with Gasteiger partial charge in [-0.1, -0.05) is 27.7 Å². The molecule has 0 aromatic carbocycles. The van der Waals surface area contributed by atoms with Crippen LogP contribution in [0.5, 0.6) is 0 Å². The summed E-state index contributed by atoms with van der Waals surface area (Å²) in [4.78, 5) is 0. The lowest BCUT2D eigenvalue weighted by atomic mass is 9.44. The van der Waals surface area contributed by atoms with Gasteiger partial charge in [0.25, 0.3) is 0 Å². The number of rotatable bonds is 18. The van der Waals surface area contributed by atoms with Crippen molar-refractivity contribution in [1.29, 1.82) is 0 Å². The van der Waals surface area contributed by atoms with Gasteiger partial charge in [-0.15, -0.1) is 0 Å². The van der Waals surface area contributed by atoms with Gasteiger partial charge in [0.1, 0.15) is 116 Å². The number of hydrogen-bond acceptors (Lipinski definition) is 28. The Kier molecular flexibility index (Phi) is 20.8. The molecule has 10 aliphatic rings. The standard InChI is InChI=1S/C57H96O28/c1-21(19-75-50-43(69)40(66)36(62)30(16-58)79-50)8-13-57(74)22(2)34-29(85-57)15-28-26-7-6-24-14-25(9-11-55(24,4)27(26)10-12-56(28,34)5)78-54-49(84-53-46(72)42(68)38(64)32(18-60)81-53)47(73)48(83-52-45(71)39(65)35(61)23(3)77-52)33(82-54)20-76-51-44(70)41(67)37(63)31(17-59)80-51/h21-54,58-74H,6-20H2,1-5H3/t21-,22-,23+,24+,25-,26+,27+,28+,29-,30+,31+,32+,33+,34-,35+,36+,37+,38+,39-,40-,41-,42-,43+,44+,45+,46+,47-,48+,49+,50+,51+,52-,53-,54+,55+,56-,57+/m1/s1. The molecule has 0 aromatic heterocycles. The molecule has 6 aliphatic heterocycles. The first kappa shape index (κ1) is 66.8. The Bertz CT molecular complexity index is 2170. The van der Waals surface area contributed by atoms with Gasteiger partial charge >= 0.3 is 0 Å². The predicted molar refractivity (Wildman–Crippen MR) is 283 cm³/mol. The zero-order valence-corrected chi connectivity index (χ0v) is 48.8. The van der Waals surface area contributed by atoms with E-state index in [1.807, 2.05) is 6.92 Å². The summed E-state index contributed by atoms with van der Waals surface area (Å²) in [5, 5.41) is 182. The Labute approximate surface area is 493 Å². The summed E-state index contributed by atoms with van der Waals surface area (Å²) in [6.45, 7) is 7.51. The van der Waals surface area contributed by atoms with E-state index in [0.717, 1.165) is 38.5 Å². The summed E-state index contributed by atoms with van der Waals surface area (Å²) in [6.07, 6.45) is -34.1. The molecule has 17 N–H and O–H groups in total. The van der Waals surface area contributed by atoms with Crippen molar-refractivity contribution in [2.45, 2.75) is 270 Å². The Balaban J connectivity index is 0.826. The number of fused-ring (bicyclic) bond motifs is 7. The Morgan fingerprint density at radius 1 is 0.494 bits per heavy atom. The zero-order valence-electron chi connectivity index (χ0n) is 48.8. The predicted octanol–water partition coefficient (Wildman–Crippen LogP) is -5.10. The molecule has 4 aliphatic carbocycles. The fraction of sp³-hybridized carbons (Fsp3) is 1.00. The van der Waals surface area contributed by atoms with E-state index in [9.17, 15) is 86.8 Å². The van der Waals surface area contributed by atoms with Crippen LogP contribution in [0.25, 0.3) is 0 Å². The highest BCUT2D eigenvalue weighted by Gasteiger charge is 2.69. The molecule has 85 heavy (non-hydrogen) atoms. The second-order valence-electron chi connectivity index (χ2n) is 27.1.